The molecule has 0 aromatic carbocycles. The van der Waals surface area contributed by atoms with E-state index in [0.717, 1.165) is 19.1 Å². The van der Waals surface area contributed by atoms with Crippen LogP contribution >= 0.6 is 0 Å². The van der Waals surface area contributed by atoms with Gasteiger partial charge >= 0.3 is 6.09 Å². The Bertz CT molecular complexity index is 359. The van der Waals surface area contributed by atoms with Crippen molar-refractivity contribution in [1.82, 2.24) is 4.90 Å². The molecular formula is C17H31NO3. The largest absolute Gasteiger partial charge is 0.444 e. The van der Waals surface area contributed by atoms with Crippen LogP contribution in [0.2, 0.25) is 0 Å². The van der Waals surface area contributed by atoms with Crippen LogP contribution in [0.1, 0.15) is 73.6 Å². The molecule has 4 nitrogen and oxygen atoms in total. The molecule has 1 aliphatic rings. The molecule has 1 fully saturated rings. The molecular weight excluding hydrogens is 266 g/mol. The molecule has 122 valence electrons. The predicted octanol–water partition coefficient (Wildman–Crippen LogP) is 4.17. The average molecular weight is 297 g/mol. The standard InChI is InChI=1S/C17H31NO3/c1-16(2,3)18(15(20)21-17(4,5)6)14(11-12-19)13-9-7-8-10-13/h12-14H,7-11H2,1-6H3. The van der Waals surface area contributed by atoms with Crippen LogP contribution in [0.5, 0.6) is 0 Å². The van der Waals surface area contributed by atoms with Crippen molar-refractivity contribution in [2.45, 2.75) is 90.8 Å². The summed E-state index contributed by atoms with van der Waals surface area (Å²) >= 11 is 0. The van der Waals surface area contributed by atoms with Crippen LogP contribution in [-0.4, -0.2) is 34.5 Å². The maximum absolute atomic E-state index is 12.7. The number of hydrogen-bond acceptors (Lipinski definition) is 3. The van der Waals surface area contributed by atoms with Crippen LogP contribution in [-0.2, 0) is 9.53 Å². The van der Waals surface area contributed by atoms with Crippen molar-refractivity contribution in [2.75, 3.05) is 0 Å². The first-order valence-corrected chi connectivity index (χ1v) is 8.02. The third kappa shape index (κ3) is 5.33. The number of amides is 1. The van der Waals surface area contributed by atoms with E-state index in [1.54, 1.807) is 4.90 Å². The molecule has 0 radical (unpaired) electrons. The number of nitrogens with zero attached hydrogens (tertiary/aromatic N) is 1. The van der Waals surface area contributed by atoms with Crippen LogP contribution in [0.25, 0.3) is 0 Å². The van der Waals surface area contributed by atoms with Crippen molar-refractivity contribution in [3.8, 4) is 0 Å². The van der Waals surface area contributed by atoms with Gasteiger partial charge in [-0.25, -0.2) is 4.79 Å². The first-order valence-electron chi connectivity index (χ1n) is 8.02. The SMILES string of the molecule is CC(C)(C)OC(=O)N(C(CC=O)C1CCCC1)C(C)(C)C. The number of ether oxygens (including phenoxy) is 1. The Labute approximate surface area is 129 Å². The second-order valence-corrected chi connectivity index (χ2v) is 8.04. The minimum Gasteiger partial charge on any atom is -0.444 e. The van der Waals surface area contributed by atoms with Gasteiger partial charge in [0.2, 0.25) is 0 Å². The van der Waals surface area contributed by atoms with Gasteiger partial charge in [-0.15, -0.1) is 0 Å². The van der Waals surface area contributed by atoms with E-state index < -0.39 is 5.60 Å². The lowest BCUT2D eigenvalue weighted by molar-refractivity contribution is -0.109. The van der Waals surface area contributed by atoms with Crippen molar-refractivity contribution in [3.63, 3.8) is 0 Å². The Kier molecular flexibility index (Phi) is 5.83. The van der Waals surface area contributed by atoms with Gasteiger partial charge in [0.1, 0.15) is 11.9 Å². The number of rotatable bonds is 4. The molecule has 0 spiro atoms. The number of carbonyl (C=O) groups is 2. The monoisotopic (exact) mass is 297 g/mol. The minimum absolute atomic E-state index is 0.0557. The molecule has 1 saturated carbocycles. The Morgan fingerprint density at radius 3 is 2.10 bits per heavy atom. The van der Waals surface area contributed by atoms with Crippen molar-refractivity contribution >= 4 is 12.4 Å². The van der Waals surface area contributed by atoms with Gasteiger partial charge in [-0.2, -0.15) is 0 Å². The summed E-state index contributed by atoms with van der Waals surface area (Å²) in [6.45, 7) is 11.6. The van der Waals surface area contributed by atoms with E-state index in [0.29, 0.717) is 12.3 Å². The van der Waals surface area contributed by atoms with Gasteiger partial charge in [0.05, 0.1) is 0 Å². The highest BCUT2D eigenvalue weighted by molar-refractivity contribution is 5.70. The maximum atomic E-state index is 12.7. The van der Waals surface area contributed by atoms with Crippen molar-refractivity contribution < 1.29 is 14.3 Å². The summed E-state index contributed by atoms with van der Waals surface area (Å²) in [6.07, 6.45) is 5.57. The van der Waals surface area contributed by atoms with Crippen LogP contribution in [0.4, 0.5) is 4.79 Å². The summed E-state index contributed by atoms with van der Waals surface area (Å²) in [7, 11) is 0. The summed E-state index contributed by atoms with van der Waals surface area (Å²) in [5.41, 5.74) is -0.888. The fourth-order valence-electron chi connectivity index (χ4n) is 3.17. The number of carbonyl (C=O) groups excluding carboxylic acids is 2. The lowest BCUT2D eigenvalue weighted by Gasteiger charge is -2.44. The second-order valence-electron chi connectivity index (χ2n) is 8.04. The van der Waals surface area contributed by atoms with Gasteiger partial charge < -0.3 is 9.53 Å². The average Bonchev–Trinajstić information content (AvgIpc) is 2.76. The van der Waals surface area contributed by atoms with Gasteiger partial charge in [-0.1, -0.05) is 12.8 Å². The molecule has 1 atom stereocenters. The van der Waals surface area contributed by atoms with Crippen molar-refractivity contribution in [3.05, 3.63) is 0 Å². The molecule has 21 heavy (non-hydrogen) atoms. The minimum atomic E-state index is -0.526. The highest BCUT2D eigenvalue weighted by Gasteiger charge is 2.40. The molecule has 0 saturated heterocycles. The Balaban J connectivity index is 3.02. The molecule has 0 aromatic rings. The Hall–Kier alpha value is -1.06. The molecule has 1 amide bonds. The van der Waals surface area contributed by atoms with E-state index in [1.165, 1.54) is 12.8 Å². The van der Waals surface area contributed by atoms with E-state index >= 15 is 0 Å². The van der Waals surface area contributed by atoms with E-state index in [1.807, 2.05) is 41.5 Å². The second kappa shape index (κ2) is 6.80. The molecule has 0 heterocycles. The van der Waals surface area contributed by atoms with Crippen LogP contribution in [0.15, 0.2) is 0 Å². The molecule has 0 aliphatic heterocycles. The molecule has 1 rings (SSSR count). The lowest BCUT2D eigenvalue weighted by Crippen LogP contribution is -2.55. The molecule has 0 N–H and O–H groups in total. The number of hydrogen-bond donors (Lipinski definition) is 0. The van der Waals surface area contributed by atoms with Crippen molar-refractivity contribution in [2.24, 2.45) is 5.92 Å². The van der Waals surface area contributed by atoms with Gasteiger partial charge in [0.25, 0.3) is 0 Å². The number of aldehydes is 1. The van der Waals surface area contributed by atoms with Gasteiger partial charge in [-0.05, 0) is 60.3 Å². The molecule has 1 aliphatic carbocycles. The lowest BCUT2D eigenvalue weighted by atomic mass is 9.90. The zero-order chi connectivity index (χ0) is 16.3. The zero-order valence-electron chi connectivity index (χ0n) is 14.4. The van der Waals surface area contributed by atoms with Gasteiger partial charge in [0.15, 0.2) is 0 Å². The van der Waals surface area contributed by atoms with Gasteiger partial charge in [0, 0.05) is 18.0 Å². The fraction of sp³-hybridized carbons (Fsp3) is 0.882. The van der Waals surface area contributed by atoms with Crippen molar-refractivity contribution in [1.29, 1.82) is 0 Å². The summed E-state index contributed by atoms with van der Waals surface area (Å²) in [4.78, 5) is 25.6. The Morgan fingerprint density at radius 2 is 1.71 bits per heavy atom. The highest BCUT2D eigenvalue weighted by Crippen LogP contribution is 2.35. The summed E-state index contributed by atoms with van der Waals surface area (Å²) in [5, 5.41) is 0. The Morgan fingerprint density at radius 1 is 1.19 bits per heavy atom. The highest BCUT2D eigenvalue weighted by atomic mass is 16.6. The quantitative estimate of drug-likeness (QED) is 0.732. The van der Waals surface area contributed by atoms with Crippen LogP contribution in [0.3, 0.4) is 0 Å². The predicted molar refractivity (Wildman–Crippen MR) is 84.3 cm³/mol. The summed E-state index contributed by atoms with van der Waals surface area (Å²) < 4.78 is 5.58. The molecule has 4 heteroatoms. The van der Waals surface area contributed by atoms with E-state index in [-0.39, 0.29) is 17.7 Å². The molecule has 0 aromatic heterocycles. The summed E-state index contributed by atoms with van der Waals surface area (Å²) in [5.74, 6) is 0.405. The van der Waals surface area contributed by atoms with E-state index in [2.05, 4.69) is 0 Å². The smallest absolute Gasteiger partial charge is 0.410 e. The van der Waals surface area contributed by atoms with Crippen LogP contribution < -0.4 is 0 Å². The first kappa shape index (κ1) is 18.0. The topological polar surface area (TPSA) is 46.6 Å². The van der Waals surface area contributed by atoms with E-state index in [4.69, 9.17) is 4.74 Å². The summed E-state index contributed by atoms with van der Waals surface area (Å²) in [6, 6.07) is -0.0557. The zero-order valence-corrected chi connectivity index (χ0v) is 14.4. The molecule has 0 bridgehead atoms. The molecule has 1 unspecified atom stereocenters. The van der Waals surface area contributed by atoms with Crippen LogP contribution in [0, 0.1) is 5.92 Å². The maximum Gasteiger partial charge on any atom is 0.410 e. The third-order valence-corrected chi connectivity index (χ3v) is 3.93. The first-order chi connectivity index (χ1) is 9.56. The normalized spacial score (nSPS) is 18.4. The van der Waals surface area contributed by atoms with Gasteiger partial charge in [-0.3, -0.25) is 4.90 Å². The fourth-order valence-corrected chi connectivity index (χ4v) is 3.17. The van der Waals surface area contributed by atoms with E-state index in [9.17, 15) is 9.59 Å². The third-order valence-electron chi connectivity index (χ3n) is 3.93.